The molecule has 2 heterocycles. The quantitative estimate of drug-likeness (QED) is 0.435. The fourth-order valence-electron chi connectivity index (χ4n) is 3.34. The van der Waals surface area contributed by atoms with Crippen molar-refractivity contribution in [3.63, 3.8) is 0 Å². The Bertz CT molecular complexity index is 1200. The molecule has 1 amide bonds. The smallest absolute Gasteiger partial charge is 0.255 e. The fraction of sp³-hybridized carbons (Fsp3) is 0.217. The molecule has 2 aromatic heterocycles. The standard InChI is InChI=1S/C23H22N2O4/c1-3-4-10-25-23(27)22-14(2)28-21-13-16(6-8-18(21)22)29-20-9-11-24-19-12-15(26)5-7-17(19)20/h5-9,11-13,26H,3-4,10H2,1-2H3,(H,25,27). The molecular weight excluding hydrogens is 368 g/mol. The van der Waals surface area contributed by atoms with E-state index in [2.05, 4.69) is 17.2 Å². The first kappa shape index (κ1) is 18.8. The van der Waals surface area contributed by atoms with Crippen molar-refractivity contribution >= 4 is 27.8 Å². The molecular formula is C23H22N2O4. The average molecular weight is 390 g/mol. The van der Waals surface area contributed by atoms with E-state index < -0.39 is 0 Å². The lowest BCUT2D eigenvalue weighted by Gasteiger charge is -2.09. The van der Waals surface area contributed by atoms with Crippen molar-refractivity contribution < 1.29 is 19.1 Å². The molecule has 6 heteroatoms. The number of unbranched alkanes of at least 4 members (excludes halogenated alkanes) is 1. The lowest BCUT2D eigenvalue weighted by atomic mass is 10.1. The molecule has 6 nitrogen and oxygen atoms in total. The van der Waals surface area contributed by atoms with E-state index >= 15 is 0 Å². The van der Waals surface area contributed by atoms with Gasteiger partial charge in [-0.2, -0.15) is 0 Å². The topological polar surface area (TPSA) is 84.6 Å². The molecule has 0 saturated carbocycles. The molecule has 0 unspecified atom stereocenters. The second-order valence-corrected chi connectivity index (χ2v) is 6.91. The lowest BCUT2D eigenvalue weighted by molar-refractivity contribution is 0.0953. The van der Waals surface area contributed by atoms with Gasteiger partial charge < -0.3 is 19.6 Å². The van der Waals surface area contributed by atoms with E-state index in [-0.39, 0.29) is 11.7 Å². The Morgan fingerprint density at radius 1 is 1.17 bits per heavy atom. The van der Waals surface area contributed by atoms with Crippen LogP contribution >= 0.6 is 0 Å². The molecule has 29 heavy (non-hydrogen) atoms. The van der Waals surface area contributed by atoms with E-state index in [0.717, 1.165) is 23.6 Å². The molecule has 0 bridgehead atoms. The Hall–Kier alpha value is -3.54. The van der Waals surface area contributed by atoms with E-state index in [4.69, 9.17) is 9.15 Å². The van der Waals surface area contributed by atoms with Crippen molar-refractivity contribution in [3.8, 4) is 17.2 Å². The van der Waals surface area contributed by atoms with E-state index in [1.165, 1.54) is 0 Å². The third kappa shape index (κ3) is 3.74. The monoisotopic (exact) mass is 390 g/mol. The van der Waals surface area contributed by atoms with Crippen LogP contribution in [0.3, 0.4) is 0 Å². The van der Waals surface area contributed by atoms with Crippen LogP contribution in [0, 0.1) is 6.92 Å². The maximum Gasteiger partial charge on any atom is 0.255 e. The van der Waals surface area contributed by atoms with Gasteiger partial charge in [-0.25, -0.2) is 0 Å². The van der Waals surface area contributed by atoms with Gasteiger partial charge in [-0.15, -0.1) is 0 Å². The second-order valence-electron chi connectivity index (χ2n) is 6.91. The lowest BCUT2D eigenvalue weighted by Crippen LogP contribution is -2.24. The van der Waals surface area contributed by atoms with Crippen molar-refractivity contribution in [2.75, 3.05) is 6.54 Å². The molecule has 0 aliphatic carbocycles. The number of aromatic hydroxyl groups is 1. The van der Waals surface area contributed by atoms with Crippen LogP contribution in [0.4, 0.5) is 0 Å². The maximum atomic E-state index is 12.5. The van der Waals surface area contributed by atoms with E-state index in [0.29, 0.717) is 40.5 Å². The number of nitrogens with one attached hydrogen (secondary N) is 1. The first-order chi connectivity index (χ1) is 14.1. The highest BCUT2D eigenvalue weighted by Crippen LogP contribution is 2.34. The number of aryl methyl sites for hydroxylation is 1. The van der Waals surface area contributed by atoms with Crippen LogP contribution in [0.5, 0.6) is 17.2 Å². The van der Waals surface area contributed by atoms with Crippen molar-refractivity contribution in [1.29, 1.82) is 0 Å². The number of hydrogen-bond donors (Lipinski definition) is 2. The Balaban J connectivity index is 1.64. The number of carbonyl (C=O) groups excluding carboxylic acids is 1. The minimum Gasteiger partial charge on any atom is -0.508 e. The molecule has 4 rings (SSSR count). The number of aromatic nitrogens is 1. The number of hydrogen-bond acceptors (Lipinski definition) is 5. The highest BCUT2D eigenvalue weighted by Gasteiger charge is 2.18. The summed E-state index contributed by atoms with van der Waals surface area (Å²) in [4.78, 5) is 16.8. The van der Waals surface area contributed by atoms with Crippen LogP contribution in [0.2, 0.25) is 0 Å². The molecule has 2 N–H and O–H groups in total. The Labute approximate surface area is 168 Å². The minimum absolute atomic E-state index is 0.122. The van der Waals surface area contributed by atoms with Gasteiger partial charge in [0.15, 0.2) is 0 Å². The summed E-state index contributed by atoms with van der Waals surface area (Å²) in [6, 6.07) is 12.1. The van der Waals surface area contributed by atoms with Gasteiger partial charge in [0.2, 0.25) is 0 Å². The SMILES string of the molecule is CCCCNC(=O)c1c(C)oc2cc(Oc3ccnc4cc(O)ccc34)ccc12. The van der Waals surface area contributed by atoms with Gasteiger partial charge in [-0.1, -0.05) is 13.3 Å². The van der Waals surface area contributed by atoms with Crippen molar-refractivity contribution in [1.82, 2.24) is 10.3 Å². The number of rotatable bonds is 6. The highest BCUT2D eigenvalue weighted by atomic mass is 16.5. The number of nitrogens with zero attached hydrogens (tertiary/aromatic N) is 1. The molecule has 0 spiro atoms. The van der Waals surface area contributed by atoms with Gasteiger partial charge in [0, 0.05) is 35.6 Å². The predicted octanol–water partition coefficient (Wildman–Crippen LogP) is 5.32. The first-order valence-electron chi connectivity index (χ1n) is 9.63. The largest absolute Gasteiger partial charge is 0.508 e. The third-order valence-electron chi connectivity index (χ3n) is 4.79. The number of pyridine rings is 1. The second kappa shape index (κ2) is 7.83. The minimum atomic E-state index is -0.122. The van der Waals surface area contributed by atoms with Crippen LogP contribution in [-0.4, -0.2) is 22.5 Å². The summed E-state index contributed by atoms with van der Waals surface area (Å²) in [6.45, 7) is 4.52. The number of phenolic OH excluding ortho intramolecular Hbond substituents is 1. The molecule has 0 aliphatic heterocycles. The molecule has 0 aliphatic rings. The molecule has 2 aromatic carbocycles. The normalized spacial score (nSPS) is 11.1. The van der Waals surface area contributed by atoms with Crippen molar-refractivity contribution in [2.45, 2.75) is 26.7 Å². The summed E-state index contributed by atoms with van der Waals surface area (Å²) >= 11 is 0. The number of benzene rings is 2. The summed E-state index contributed by atoms with van der Waals surface area (Å²) in [7, 11) is 0. The fourth-order valence-corrected chi connectivity index (χ4v) is 3.34. The van der Waals surface area contributed by atoms with Crippen LogP contribution < -0.4 is 10.1 Å². The molecule has 0 radical (unpaired) electrons. The van der Waals surface area contributed by atoms with Crippen molar-refractivity contribution in [3.05, 3.63) is 60.0 Å². The van der Waals surface area contributed by atoms with Gasteiger partial charge in [0.25, 0.3) is 5.91 Å². The van der Waals surface area contributed by atoms with E-state index in [1.54, 1.807) is 43.5 Å². The van der Waals surface area contributed by atoms with E-state index in [1.807, 2.05) is 12.1 Å². The van der Waals surface area contributed by atoms with Gasteiger partial charge in [0.1, 0.15) is 28.6 Å². The number of furan rings is 1. The number of ether oxygens (including phenoxy) is 1. The summed E-state index contributed by atoms with van der Waals surface area (Å²) < 4.78 is 11.9. The number of carbonyl (C=O) groups is 1. The summed E-state index contributed by atoms with van der Waals surface area (Å²) in [5.41, 5.74) is 1.80. The highest BCUT2D eigenvalue weighted by molar-refractivity contribution is 6.07. The van der Waals surface area contributed by atoms with E-state index in [9.17, 15) is 9.90 Å². The molecule has 4 aromatic rings. The predicted molar refractivity (Wildman–Crippen MR) is 112 cm³/mol. The van der Waals surface area contributed by atoms with Gasteiger partial charge >= 0.3 is 0 Å². The zero-order valence-electron chi connectivity index (χ0n) is 16.4. The Kier molecular flexibility index (Phi) is 5.08. The molecule has 0 saturated heterocycles. The number of phenols is 1. The third-order valence-corrected chi connectivity index (χ3v) is 4.79. The van der Waals surface area contributed by atoms with Crippen LogP contribution in [-0.2, 0) is 0 Å². The maximum absolute atomic E-state index is 12.5. The van der Waals surface area contributed by atoms with Gasteiger partial charge in [-0.3, -0.25) is 9.78 Å². The number of amides is 1. The first-order valence-corrected chi connectivity index (χ1v) is 9.63. The Morgan fingerprint density at radius 2 is 2.00 bits per heavy atom. The molecule has 148 valence electrons. The van der Waals surface area contributed by atoms with Gasteiger partial charge in [-0.05, 0) is 43.7 Å². The van der Waals surface area contributed by atoms with Crippen LogP contribution in [0.15, 0.2) is 53.1 Å². The Morgan fingerprint density at radius 3 is 2.83 bits per heavy atom. The zero-order chi connectivity index (χ0) is 20.4. The van der Waals surface area contributed by atoms with Crippen molar-refractivity contribution in [2.24, 2.45) is 0 Å². The molecule has 0 fully saturated rings. The summed E-state index contributed by atoms with van der Waals surface area (Å²) in [5, 5.41) is 14.1. The molecule has 0 atom stereocenters. The zero-order valence-corrected chi connectivity index (χ0v) is 16.4. The van der Waals surface area contributed by atoms with Crippen LogP contribution in [0.1, 0.15) is 35.9 Å². The number of fused-ring (bicyclic) bond motifs is 2. The van der Waals surface area contributed by atoms with Crippen LogP contribution in [0.25, 0.3) is 21.9 Å². The summed E-state index contributed by atoms with van der Waals surface area (Å²) in [6.07, 6.45) is 3.59. The summed E-state index contributed by atoms with van der Waals surface area (Å²) in [5.74, 6) is 1.82. The average Bonchev–Trinajstić information content (AvgIpc) is 3.03. The van der Waals surface area contributed by atoms with Gasteiger partial charge in [0.05, 0.1) is 11.1 Å².